The van der Waals surface area contributed by atoms with Crippen LogP contribution in [0.25, 0.3) is 0 Å². The molecule has 0 aliphatic rings. The van der Waals surface area contributed by atoms with Crippen LogP contribution in [0.5, 0.6) is 0 Å². The molecule has 0 aliphatic heterocycles. The van der Waals surface area contributed by atoms with Crippen molar-refractivity contribution in [2.24, 2.45) is 0 Å². The maximum atomic E-state index is 12.0. The van der Waals surface area contributed by atoms with Crippen molar-refractivity contribution in [2.75, 3.05) is 25.9 Å². The van der Waals surface area contributed by atoms with E-state index in [1.54, 1.807) is 6.20 Å². The van der Waals surface area contributed by atoms with Crippen molar-refractivity contribution in [1.82, 2.24) is 14.7 Å². The van der Waals surface area contributed by atoms with Gasteiger partial charge in [0, 0.05) is 12.7 Å². The molecular weight excluding hydrogens is 209 g/mol. The van der Waals surface area contributed by atoms with Gasteiger partial charge >= 0.3 is 6.18 Å². The summed E-state index contributed by atoms with van der Waals surface area (Å²) >= 11 is 0. The van der Waals surface area contributed by atoms with Gasteiger partial charge in [-0.3, -0.25) is 9.58 Å². The van der Waals surface area contributed by atoms with Crippen LogP contribution in [0.2, 0.25) is 0 Å². The first-order valence-corrected chi connectivity index (χ1v) is 4.40. The first kappa shape index (κ1) is 11.8. The highest BCUT2D eigenvalue weighted by Gasteiger charge is 2.28. The molecule has 1 aromatic heterocycles. The normalized spacial score (nSPS) is 12.3. The van der Waals surface area contributed by atoms with E-state index in [9.17, 15) is 13.2 Å². The van der Waals surface area contributed by atoms with E-state index in [1.807, 2.05) is 0 Å². The molecule has 0 saturated heterocycles. The largest absolute Gasteiger partial charge is 0.401 e. The minimum absolute atomic E-state index is 0.278. The van der Waals surface area contributed by atoms with E-state index in [2.05, 4.69) is 5.10 Å². The molecule has 0 amide bonds. The zero-order valence-corrected chi connectivity index (χ0v) is 8.33. The molecule has 0 fully saturated rings. The average molecular weight is 222 g/mol. The van der Waals surface area contributed by atoms with E-state index in [-0.39, 0.29) is 6.54 Å². The third-order valence-electron chi connectivity index (χ3n) is 1.81. The summed E-state index contributed by atoms with van der Waals surface area (Å²) in [5.41, 5.74) is 5.92. The standard InChI is InChI=1S/C8H13F3N4/c1-14(6-8(9,10)11)2-3-15-5-7(12)4-13-15/h4-5H,2-3,6,12H2,1H3. The van der Waals surface area contributed by atoms with Crippen LogP contribution in [0.3, 0.4) is 0 Å². The van der Waals surface area contributed by atoms with Gasteiger partial charge in [0.05, 0.1) is 25.0 Å². The number of hydrogen-bond acceptors (Lipinski definition) is 3. The van der Waals surface area contributed by atoms with Crippen LogP contribution < -0.4 is 5.73 Å². The van der Waals surface area contributed by atoms with Crippen LogP contribution in [0.15, 0.2) is 12.4 Å². The fourth-order valence-electron chi connectivity index (χ4n) is 1.16. The van der Waals surface area contributed by atoms with Crippen molar-refractivity contribution in [1.29, 1.82) is 0 Å². The molecule has 0 aliphatic carbocycles. The lowest BCUT2D eigenvalue weighted by atomic mass is 10.5. The summed E-state index contributed by atoms with van der Waals surface area (Å²) in [7, 11) is 1.42. The van der Waals surface area contributed by atoms with E-state index in [4.69, 9.17) is 5.73 Å². The SMILES string of the molecule is CN(CCn1cc(N)cn1)CC(F)(F)F. The van der Waals surface area contributed by atoms with Gasteiger partial charge in [-0.25, -0.2) is 0 Å². The van der Waals surface area contributed by atoms with Crippen molar-refractivity contribution in [3.8, 4) is 0 Å². The fourth-order valence-corrected chi connectivity index (χ4v) is 1.16. The number of rotatable bonds is 4. The number of anilines is 1. The van der Waals surface area contributed by atoms with E-state index in [0.717, 1.165) is 0 Å². The Kier molecular flexibility index (Phi) is 3.57. The highest BCUT2D eigenvalue weighted by atomic mass is 19.4. The van der Waals surface area contributed by atoms with Crippen molar-refractivity contribution >= 4 is 5.69 Å². The molecule has 86 valence electrons. The number of halogens is 3. The van der Waals surface area contributed by atoms with Crippen LogP contribution in [0.4, 0.5) is 18.9 Å². The molecule has 0 spiro atoms. The third kappa shape index (κ3) is 4.68. The number of nitrogens with zero attached hydrogens (tertiary/aromatic N) is 3. The van der Waals surface area contributed by atoms with E-state index >= 15 is 0 Å². The summed E-state index contributed by atoms with van der Waals surface area (Å²) in [6.45, 7) is -0.242. The first-order chi connectivity index (χ1) is 6.87. The third-order valence-corrected chi connectivity index (χ3v) is 1.81. The van der Waals surface area contributed by atoms with Gasteiger partial charge < -0.3 is 5.73 Å². The molecule has 0 unspecified atom stereocenters. The van der Waals surface area contributed by atoms with Crippen LogP contribution in [-0.4, -0.2) is 41.0 Å². The molecule has 1 rings (SSSR count). The molecule has 1 aromatic rings. The minimum Gasteiger partial charge on any atom is -0.396 e. The summed E-state index contributed by atoms with van der Waals surface area (Å²) in [5.74, 6) is 0. The Hall–Kier alpha value is -1.24. The van der Waals surface area contributed by atoms with Crippen molar-refractivity contribution in [2.45, 2.75) is 12.7 Å². The Labute approximate surface area is 85.5 Å². The quantitative estimate of drug-likeness (QED) is 0.825. The van der Waals surface area contributed by atoms with E-state index < -0.39 is 12.7 Å². The Balaban J connectivity index is 2.31. The highest BCUT2D eigenvalue weighted by Crippen LogP contribution is 2.15. The predicted molar refractivity (Wildman–Crippen MR) is 50.2 cm³/mol. The Morgan fingerprint density at radius 2 is 2.20 bits per heavy atom. The number of aromatic nitrogens is 2. The number of hydrogen-bond donors (Lipinski definition) is 1. The summed E-state index contributed by atoms with van der Waals surface area (Å²) in [6, 6.07) is 0. The Bertz CT molecular complexity index is 307. The summed E-state index contributed by atoms with van der Waals surface area (Å²) < 4.78 is 37.4. The van der Waals surface area contributed by atoms with Gasteiger partial charge in [-0.2, -0.15) is 18.3 Å². The average Bonchev–Trinajstić information content (AvgIpc) is 2.45. The molecule has 0 saturated carbocycles. The summed E-state index contributed by atoms with van der Waals surface area (Å²) in [6.07, 6.45) is -1.11. The number of likely N-dealkylation sites (N-methyl/N-ethyl adjacent to an activating group) is 1. The smallest absolute Gasteiger partial charge is 0.396 e. The maximum absolute atomic E-state index is 12.0. The molecular formula is C8H13F3N4. The van der Waals surface area contributed by atoms with Gasteiger partial charge in [0.15, 0.2) is 0 Å². The summed E-state index contributed by atoms with van der Waals surface area (Å²) in [5, 5.41) is 3.87. The highest BCUT2D eigenvalue weighted by molar-refractivity contribution is 5.30. The topological polar surface area (TPSA) is 47.1 Å². The number of nitrogens with two attached hydrogens (primary N) is 1. The summed E-state index contributed by atoms with van der Waals surface area (Å²) in [4.78, 5) is 1.19. The predicted octanol–water partition coefficient (Wildman–Crippen LogP) is 0.959. The van der Waals surface area contributed by atoms with E-state index in [1.165, 1.54) is 22.8 Å². The minimum atomic E-state index is -4.15. The van der Waals surface area contributed by atoms with Crippen LogP contribution in [-0.2, 0) is 6.54 Å². The molecule has 0 bridgehead atoms. The van der Waals surface area contributed by atoms with E-state index in [0.29, 0.717) is 12.2 Å². The van der Waals surface area contributed by atoms with Crippen LogP contribution in [0.1, 0.15) is 0 Å². The van der Waals surface area contributed by atoms with Gasteiger partial charge in [-0.15, -0.1) is 0 Å². The monoisotopic (exact) mass is 222 g/mol. The van der Waals surface area contributed by atoms with Gasteiger partial charge in [0.1, 0.15) is 0 Å². The lowest BCUT2D eigenvalue weighted by Crippen LogP contribution is -2.33. The second-order valence-electron chi connectivity index (χ2n) is 3.39. The molecule has 0 aromatic carbocycles. The van der Waals surface area contributed by atoms with Gasteiger partial charge in [-0.05, 0) is 7.05 Å². The molecule has 0 radical (unpaired) electrons. The van der Waals surface area contributed by atoms with Crippen LogP contribution in [0, 0.1) is 0 Å². The fraction of sp³-hybridized carbons (Fsp3) is 0.625. The molecule has 4 nitrogen and oxygen atoms in total. The van der Waals surface area contributed by atoms with Crippen molar-refractivity contribution in [3.63, 3.8) is 0 Å². The number of nitrogen functional groups attached to an aromatic ring is 1. The second-order valence-corrected chi connectivity index (χ2v) is 3.39. The lowest BCUT2D eigenvalue weighted by molar-refractivity contribution is -0.143. The molecule has 2 N–H and O–H groups in total. The molecule has 1 heterocycles. The lowest BCUT2D eigenvalue weighted by Gasteiger charge is -2.18. The Morgan fingerprint density at radius 1 is 1.53 bits per heavy atom. The van der Waals surface area contributed by atoms with Gasteiger partial charge in [-0.1, -0.05) is 0 Å². The Morgan fingerprint density at radius 3 is 2.67 bits per heavy atom. The zero-order chi connectivity index (χ0) is 11.5. The second kappa shape index (κ2) is 4.52. The molecule has 0 atom stereocenters. The van der Waals surface area contributed by atoms with Gasteiger partial charge in [0.25, 0.3) is 0 Å². The first-order valence-electron chi connectivity index (χ1n) is 4.40. The van der Waals surface area contributed by atoms with Crippen molar-refractivity contribution in [3.05, 3.63) is 12.4 Å². The van der Waals surface area contributed by atoms with Crippen molar-refractivity contribution < 1.29 is 13.2 Å². The molecule has 7 heteroatoms. The maximum Gasteiger partial charge on any atom is 0.401 e. The number of alkyl halides is 3. The van der Waals surface area contributed by atoms with Gasteiger partial charge in [0.2, 0.25) is 0 Å². The zero-order valence-electron chi connectivity index (χ0n) is 8.33. The molecule has 15 heavy (non-hydrogen) atoms. The van der Waals surface area contributed by atoms with Crippen LogP contribution >= 0.6 is 0 Å².